The van der Waals surface area contributed by atoms with Crippen LogP contribution in [0, 0.1) is 6.92 Å². The van der Waals surface area contributed by atoms with Gasteiger partial charge in [0.1, 0.15) is 5.65 Å². The molecule has 0 aliphatic carbocycles. The number of fused-ring (bicyclic) bond motifs is 1. The molecule has 0 radical (unpaired) electrons. The maximum atomic E-state index is 13.0. The first kappa shape index (κ1) is 15.8. The van der Waals surface area contributed by atoms with Crippen LogP contribution in [0.4, 0.5) is 0 Å². The van der Waals surface area contributed by atoms with E-state index in [4.69, 9.17) is 4.74 Å². The van der Waals surface area contributed by atoms with Crippen molar-refractivity contribution in [3.63, 3.8) is 0 Å². The number of carbonyl (C=O) groups is 1. The lowest BCUT2D eigenvalue weighted by atomic mass is 10.2. The number of imidazole rings is 1. The van der Waals surface area contributed by atoms with Crippen LogP contribution in [0.25, 0.3) is 5.65 Å². The van der Waals surface area contributed by atoms with E-state index in [-0.39, 0.29) is 12.0 Å². The van der Waals surface area contributed by atoms with Crippen LogP contribution in [0.15, 0.2) is 43.0 Å². The summed E-state index contributed by atoms with van der Waals surface area (Å²) in [7, 11) is 0. The van der Waals surface area contributed by atoms with Gasteiger partial charge in [0.25, 0.3) is 5.91 Å². The molecule has 7 heteroatoms. The molecule has 4 heterocycles. The number of hydrogen-bond acceptors (Lipinski definition) is 4. The fourth-order valence-electron chi connectivity index (χ4n) is 3.23. The van der Waals surface area contributed by atoms with Crippen LogP contribution in [0.2, 0.25) is 0 Å². The van der Waals surface area contributed by atoms with E-state index in [0.717, 1.165) is 17.8 Å². The third-order valence-electron chi connectivity index (χ3n) is 4.41. The molecule has 7 nitrogen and oxygen atoms in total. The Hall–Kier alpha value is -2.67. The maximum absolute atomic E-state index is 13.0. The van der Waals surface area contributed by atoms with E-state index in [2.05, 4.69) is 10.1 Å². The lowest BCUT2D eigenvalue weighted by Crippen LogP contribution is -2.38. The Kier molecular flexibility index (Phi) is 4.23. The summed E-state index contributed by atoms with van der Waals surface area (Å²) in [5.74, 6) is 0.0317. The van der Waals surface area contributed by atoms with Gasteiger partial charge in [-0.05, 0) is 31.5 Å². The summed E-state index contributed by atoms with van der Waals surface area (Å²) in [5.41, 5.74) is 2.46. The van der Waals surface area contributed by atoms with Crippen molar-refractivity contribution in [2.75, 3.05) is 19.7 Å². The highest BCUT2D eigenvalue weighted by molar-refractivity contribution is 5.94. The first-order valence-electron chi connectivity index (χ1n) is 8.53. The van der Waals surface area contributed by atoms with Crippen molar-refractivity contribution in [2.45, 2.75) is 26.0 Å². The van der Waals surface area contributed by atoms with Crippen molar-refractivity contribution < 1.29 is 9.53 Å². The highest BCUT2D eigenvalue weighted by Gasteiger charge is 2.24. The molecule has 4 rings (SSSR count). The highest BCUT2D eigenvalue weighted by Crippen LogP contribution is 2.14. The summed E-state index contributed by atoms with van der Waals surface area (Å²) in [5, 5.41) is 4.23. The largest absolute Gasteiger partial charge is 0.374 e. The molecule has 0 saturated carbocycles. The molecule has 0 unspecified atom stereocenters. The fourth-order valence-corrected chi connectivity index (χ4v) is 3.23. The van der Waals surface area contributed by atoms with Crippen molar-refractivity contribution in [2.24, 2.45) is 0 Å². The number of aryl methyl sites for hydroxylation is 1. The average molecular weight is 339 g/mol. The zero-order valence-corrected chi connectivity index (χ0v) is 14.2. The lowest BCUT2D eigenvalue weighted by molar-refractivity contribution is 0.0367. The Morgan fingerprint density at radius 2 is 2.28 bits per heavy atom. The van der Waals surface area contributed by atoms with Gasteiger partial charge in [0.15, 0.2) is 0 Å². The molecule has 1 atom stereocenters. The summed E-state index contributed by atoms with van der Waals surface area (Å²) >= 11 is 0. The van der Waals surface area contributed by atoms with Gasteiger partial charge < -0.3 is 14.0 Å². The number of pyridine rings is 1. The van der Waals surface area contributed by atoms with Gasteiger partial charge in [0.05, 0.1) is 23.9 Å². The normalized spacial score (nSPS) is 18.4. The van der Waals surface area contributed by atoms with Gasteiger partial charge in [-0.1, -0.05) is 0 Å². The summed E-state index contributed by atoms with van der Waals surface area (Å²) in [6, 6.07) is 5.62. The van der Waals surface area contributed by atoms with Gasteiger partial charge in [-0.25, -0.2) is 4.98 Å². The summed E-state index contributed by atoms with van der Waals surface area (Å²) in [6.07, 6.45) is 8.24. The fraction of sp³-hybridized carbons (Fsp3) is 0.389. The van der Waals surface area contributed by atoms with Crippen molar-refractivity contribution in [3.05, 3.63) is 54.2 Å². The molecule has 25 heavy (non-hydrogen) atoms. The molecule has 1 saturated heterocycles. The summed E-state index contributed by atoms with van der Waals surface area (Å²) in [6.45, 7) is 4.53. The first-order chi connectivity index (χ1) is 12.2. The van der Waals surface area contributed by atoms with E-state index in [9.17, 15) is 4.79 Å². The number of rotatable bonds is 3. The second kappa shape index (κ2) is 6.68. The molecular formula is C18H21N5O2. The van der Waals surface area contributed by atoms with Crippen molar-refractivity contribution >= 4 is 11.6 Å². The number of hydrogen-bond donors (Lipinski definition) is 0. The Morgan fingerprint density at radius 1 is 1.36 bits per heavy atom. The van der Waals surface area contributed by atoms with E-state index in [1.165, 1.54) is 0 Å². The molecule has 1 aliphatic rings. The molecule has 0 N–H and O–H groups in total. The van der Waals surface area contributed by atoms with Crippen LogP contribution in [0.5, 0.6) is 0 Å². The smallest absolute Gasteiger partial charge is 0.255 e. The molecule has 0 aromatic carbocycles. The summed E-state index contributed by atoms with van der Waals surface area (Å²) < 4.78 is 9.64. The van der Waals surface area contributed by atoms with Crippen LogP contribution in [0.1, 0.15) is 22.5 Å². The van der Waals surface area contributed by atoms with Crippen LogP contribution in [-0.2, 0) is 11.3 Å². The maximum Gasteiger partial charge on any atom is 0.255 e. The predicted octanol–water partition coefficient (Wildman–Crippen LogP) is 1.77. The van der Waals surface area contributed by atoms with E-state index >= 15 is 0 Å². The van der Waals surface area contributed by atoms with E-state index in [0.29, 0.717) is 31.8 Å². The standard InChI is InChI=1S/C18H21N5O2/c1-14-10-22-11-15(4-5-17(22)20-14)18(24)21-7-3-9-25-16(12-21)13-23-8-2-6-19-23/h2,4-6,8,10-11,16H,3,7,9,12-13H2,1H3/t16-/m1/s1. The molecule has 0 bridgehead atoms. The van der Waals surface area contributed by atoms with Gasteiger partial charge >= 0.3 is 0 Å². The van der Waals surface area contributed by atoms with Crippen LogP contribution >= 0.6 is 0 Å². The third-order valence-corrected chi connectivity index (χ3v) is 4.41. The van der Waals surface area contributed by atoms with Crippen LogP contribution in [0.3, 0.4) is 0 Å². The Bertz CT molecular complexity index is 871. The van der Waals surface area contributed by atoms with Gasteiger partial charge in [-0.2, -0.15) is 5.10 Å². The van der Waals surface area contributed by atoms with Gasteiger partial charge in [-0.3, -0.25) is 9.48 Å². The zero-order chi connectivity index (χ0) is 17.2. The molecule has 0 spiro atoms. The number of ether oxygens (including phenoxy) is 1. The minimum atomic E-state index is -0.0504. The molecule has 130 valence electrons. The van der Waals surface area contributed by atoms with Crippen molar-refractivity contribution in [1.29, 1.82) is 0 Å². The van der Waals surface area contributed by atoms with E-state index in [1.54, 1.807) is 6.20 Å². The third kappa shape index (κ3) is 3.41. The lowest BCUT2D eigenvalue weighted by Gasteiger charge is -2.24. The average Bonchev–Trinajstić information content (AvgIpc) is 3.17. The van der Waals surface area contributed by atoms with Crippen molar-refractivity contribution in [3.8, 4) is 0 Å². The predicted molar refractivity (Wildman–Crippen MR) is 92.4 cm³/mol. The Morgan fingerprint density at radius 3 is 3.12 bits per heavy atom. The molecular weight excluding hydrogens is 318 g/mol. The molecule has 1 aliphatic heterocycles. The van der Waals surface area contributed by atoms with Gasteiger partial charge in [-0.15, -0.1) is 0 Å². The second-order valence-electron chi connectivity index (χ2n) is 6.39. The van der Waals surface area contributed by atoms with E-state index in [1.807, 2.05) is 57.7 Å². The molecule has 3 aromatic heterocycles. The SMILES string of the molecule is Cc1cn2cc(C(=O)N3CCCO[C@@H](Cn4cccn4)C3)ccc2n1. The number of amides is 1. The van der Waals surface area contributed by atoms with Gasteiger partial charge in [0.2, 0.25) is 0 Å². The van der Waals surface area contributed by atoms with E-state index < -0.39 is 0 Å². The monoisotopic (exact) mass is 339 g/mol. The minimum Gasteiger partial charge on any atom is -0.374 e. The zero-order valence-electron chi connectivity index (χ0n) is 14.2. The number of carbonyl (C=O) groups excluding carboxylic acids is 1. The molecule has 3 aromatic rings. The minimum absolute atomic E-state index is 0.0317. The summed E-state index contributed by atoms with van der Waals surface area (Å²) in [4.78, 5) is 19.2. The number of nitrogens with zero attached hydrogens (tertiary/aromatic N) is 5. The topological polar surface area (TPSA) is 64.7 Å². The number of aromatic nitrogens is 4. The van der Waals surface area contributed by atoms with Gasteiger partial charge in [0, 0.05) is 44.5 Å². The highest BCUT2D eigenvalue weighted by atomic mass is 16.5. The quantitative estimate of drug-likeness (QED) is 0.729. The molecule has 1 fully saturated rings. The van der Waals surface area contributed by atoms with Crippen LogP contribution in [-0.4, -0.2) is 55.8 Å². The van der Waals surface area contributed by atoms with Crippen LogP contribution < -0.4 is 0 Å². The first-order valence-corrected chi connectivity index (χ1v) is 8.53. The second-order valence-corrected chi connectivity index (χ2v) is 6.39. The molecule has 1 amide bonds. The van der Waals surface area contributed by atoms with Crippen molar-refractivity contribution in [1.82, 2.24) is 24.1 Å². The Labute approximate surface area is 145 Å². The Balaban J connectivity index is 1.52.